The molecule has 340 valence electrons. The molecule has 4 aromatic rings. The lowest BCUT2D eigenvalue weighted by Crippen LogP contribution is -2.08. The number of hydrogen-bond acceptors (Lipinski definition) is 14. The number of benzene rings is 4. The van der Waals surface area contributed by atoms with E-state index in [1.807, 2.05) is 24.3 Å². The summed E-state index contributed by atoms with van der Waals surface area (Å²) in [6.07, 6.45) is 12.9. The fourth-order valence-electron chi connectivity index (χ4n) is 5.36. The molecule has 0 aliphatic rings. The average Bonchev–Trinajstić information content (AvgIpc) is 3.32. The van der Waals surface area contributed by atoms with Gasteiger partial charge in [0, 0.05) is 12.2 Å². The first kappa shape index (κ1) is 51.3. The van der Waals surface area contributed by atoms with Crippen molar-refractivity contribution in [3.8, 4) is 23.0 Å². The minimum absolute atomic E-state index is 0.193. The monoisotopic (exact) mass is 878 g/mol. The van der Waals surface area contributed by atoms with Crippen molar-refractivity contribution in [2.45, 2.75) is 65.2 Å². The Morgan fingerprint density at radius 3 is 1.58 bits per heavy atom. The number of esters is 4. The number of ether oxygens (including phenoxy) is 6. The first-order valence-electron chi connectivity index (χ1n) is 21.1. The van der Waals surface area contributed by atoms with Gasteiger partial charge >= 0.3 is 23.9 Å². The van der Waals surface area contributed by atoms with Gasteiger partial charge in [-0.2, -0.15) is 15.1 Å². The van der Waals surface area contributed by atoms with Crippen molar-refractivity contribution in [3.63, 3.8) is 0 Å². The minimum Gasteiger partial charge on any atom is -0.494 e. The van der Waals surface area contributed by atoms with E-state index in [2.05, 4.69) is 30.3 Å². The predicted molar refractivity (Wildman–Crippen MR) is 244 cm³/mol. The zero-order valence-corrected chi connectivity index (χ0v) is 36.9. The van der Waals surface area contributed by atoms with Crippen LogP contribution < -0.4 is 19.1 Å². The second-order valence-corrected chi connectivity index (χ2v) is 13.8. The van der Waals surface area contributed by atoms with Gasteiger partial charge in [0.05, 0.1) is 58.1 Å². The quantitative estimate of drug-likeness (QED) is 0.00814. The highest BCUT2D eigenvalue weighted by atomic mass is 17.2. The van der Waals surface area contributed by atoms with Gasteiger partial charge in [0.15, 0.2) is 5.75 Å². The minimum atomic E-state index is -0.572. The largest absolute Gasteiger partial charge is 0.494 e. The highest BCUT2D eigenvalue weighted by Gasteiger charge is 2.15. The second kappa shape index (κ2) is 30.9. The lowest BCUT2D eigenvalue weighted by Gasteiger charge is -2.08. The number of hydrogen-bond donors (Lipinski definition) is 0. The highest BCUT2D eigenvalue weighted by Crippen LogP contribution is 2.22. The molecule has 0 aliphatic heterocycles. The van der Waals surface area contributed by atoms with Crippen LogP contribution in [0.1, 0.15) is 95.7 Å². The van der Waals surface area contributed by atoms with Crippen LogP contribution in [0.5, 0.6) is 23.0 Å². The number of carbonyl (C=O) groups excluding carboxylic acids is 4. The highest BCUT2D eigenvalue weighted by molar-refractivity contribution is 5.95. The Morgan fingerprint density at radius 1 is 0.578 bits per heavy atom. The van der Waals surface area contributed by atoms with Crippen LogP contribution in [0.15, 0.2) is 127 Å². The molecule has 0 bridgehead atoms. The first-order chi connectivity index (χ1) is 31.1. The molecular weight excluding hydrogens is 821 g/mol. The van der Waals surface area contributed by atoms with E-state index in [4.69, 9.17) is 38.2 Å². The summed E-state index contributed by atoms with van der Waals surface area (Å²) >= 11 is 0. The third-order valence-corrected chi connectivity index (χ3v) is 8.79. The van der Waals surface area contributed by atoms with Gasteiger partial charge in [-0.1, -0.05) is 30.9 Å². The van der Waals surface area contributed by atoms with Crippen molar-refractivity contribution >= 4 is 36.3 Å². The number of unbranched alkanes of at least 4 members (excludes halogenated alkanes) is 6. The van der Waals surface area contributed by atoms with Crippen molar-refractivity contribution in [3.05, 3.63) is 144 Å². The molecule has 0 unspecified atom stereocenters. The molecule has 4 aromatic carbocycles. The standard InChI is InChI=1S/C34H36N2O9.C16H22O3/c1-4-32(37)42-21-9-7-6-8-20-41-28-17-13-27(14-18-28)33(38)44-29-15-10-25(11-16-29)23-35-36-24-26-12-19-31(45-43-5-2)30(22-26)34(39)40-3;1-3-16(17)19-13-7-5-4-6-12-18-15-10-8-14(2)9-11-15/h4,10-19,22-24H,1,5-9,20-21H2,2-3H3;3,8-11H,1,4-7,12-13H2,2H3/b35-23+,36-24+;. The third-order valence-electron chi connectivity index (χ3n) is 8.79. The van der Waals surface area contributed by atoms with Gasteiger partial charge in [-0.25, -0.2) is 19.2 Å². The predicted octanol–water partition coefficient (Wildman–Crippen LogP) is 9.81. The van der Waals surface area contributed by atoms with Crippen molar-refractivity contribution in [2.75, 3.05) is 40.1 Å². The molecule has 0 saturated heterocycles. The maximum Gasteiger partial charge on any atom is 0.343 e. The molecule has 64 heavy (non-hydrogen) atoms. The van der Waals surface area contributed by atoms with Gasteiger partial charge in [0.25, 0.3) is 0 Å². The van der Waals surface area contributed by atoms with Gasteiger partial charge < -0.3 is 33.3 Å². The molecule has 0 spiro atoms. The van der Waals surface area contributed by atoms with E-state index in [0.29, 0.717) is 49.1 Å². The number of nitrogens with zero attached hydrogens (tertiary/aromatic N) is 2. The molecule has 4 rings (SSSR count). The molecule has 0 saturated carbocycles. The smallest absolute Gasteiger partial charge is 0.343 e. The number of carbonyl (C=O) groups is 4. The molecule has 0 N–H and O–H groups in total. The number of rotatable bonds is 27. The Labute approximate surface area is 375 Å². The lowest BCUT2D eigenvalue weighted by atomic mass is 10.1. The zero-order chi connectivity index (χ0) is 46.2. The molecule has 0 aliphatic carbocycles. The normalized spacial score (nSPS) is 10.6. The Hall–Kier alpha value is -7.06. The Balaban J connectivity index is 0.000000478. The third kappa shape index (κ3) is 21.1. The van der Waals surface area contributed by atoms with Crippen LogP contribution in [-0.2, 0) is 28.7 Å². The maximum absolute atomic E-state index is 12.6. The van der Waals surface area contributed by atoms with E-state index in [0.717, 1.165) is 75.4 Å². The van der Waals surface area contributed by atoms with Gasteiger partial charge in [0.1, 0.15) is 22.8 Å². The van der Waals surface area contributed by atoms with Crippen LogP contribution >= 0.6 is 0 Å². The summed E-state index contributed by atoms with van der Waals surface area (Å²) in [7, 11) is 1.28. The van der Waals surface area contributed by atoms with Crippen LogP contribution in [0, 0.1) is 6.92 Å². The van der Waals surface area contributed by atoms with E-state index >= 15 is 0 Å². The summed E-state index contributed by atoms with van der Waals surface area (Å²) in [5, 5.41) is 8.06. The van der Waals surface area contributed by atoms with Crippen molar-refractivity contribution in [1.82, 2.24) is 0 Å². The molecule has 0 heterocycles. The van der Waals surface area contributed by atoms with Crippen molar-refractivity contribution < 1.29 is 57.4 Å². The van der Waals surface area contributed by atoms with Crippen molar-refractivity contribution in [2.24, 2.45) is 10.2 Å². The van der Waals surface area contributed by atoms with Gasteiger partial charge in [-0.05, 0) is 155 Å². The van der Waals surface area contributed by atoms with E-state index in [1.54, 1.807) is 73.7 Å². The first-order valence-corrected chi connectivity index (χ1v) is 21.1. The SMILES string of the molecule is C=CC(=O)OCCCCCCOc1ccc(C(=O)Oc2ccc(/C=N/N=C/c3ccc(OOCC)c(C(=O)OC)c3)cc2)cc1.C=CC(=O)OCCCCCCOc1ccc(C)cc1. The van der Waals surface area contributed by atoms with Crippen LogP contribution in [0.4, 0.5) is 0 Å². The molecule has 0 aromatic heterocycles. The van der Waals surface area contributed by atoms with E-state index in [-0.39, 0.29) is 17.3 Å². The Kier molecular flexibility index (Phi) is 24.8. The Bertz CT molecular complexity index is 2100. The maximum atomic E-state index is 12.6. The summed E-state index contributed by atoms with van der Waals surface area (Å²) in [6.45, 7) is 13.0. The summed E-state index contributed by atoms with van der Waals surface area (Å²) in [5.74, 6) is 0.385. The molecule has 0 radical (unpaired) electrons. The molecular formula is C50H58N2O12. The molecule has 0 fully saturated rings. The summed E-state index contributed by atoms with van der Waals surface area (Å²) in [5.41, 5.74) is 3.17. The second-order valence-electron chi connectivity index (χ2n) is 13.8. The number of methoxy groups -OCH3 is 1. The van der Waals surface area contributed by atoms with Crippen LogP contribution in [-0.4, -0.2) is 76.5 Å². The summed E-state index contributed by atoms with van der Waals surface area (Å²) in [4.78, 5) is 56.4. The van der Waals surface area contributed by atoms with E-state index in [9.17, 15) is 19.2 Å². The van der Waals surface area contributed by atoms with Crippen LogP contribution in [0.2, 0.25) is 0 Å². The van der Waals surface area contributed by atoms with E-state index in [1.165, 1.54) is 31.2 Å². The lowest BCUT2D eigenvalue weighted by molar-refractivity contribution is -0.202. The fraction of sp³-hybridized carbons (Fsp3) is 0.320. The van der Waals surface area contributed by atoms with Crippen LogP contribution in [0.25, 0.3) is 0 Å². The molecule has 14 nitrogen and oxygen atoms in total. The molecule has 0 atom stereocenters. The van der Waals surface area contributed by atoms with Crippen molar-refractivity contribution in [1.29, 1.82) is 0 Å². The molecule has 0 amide bonds. The van der Waals surface area contributed by atoms with Crippen LogP contribution in [0.3, 0.4) is 0 Å². The summed E-state index contributed by atoms with van der Waals surface area (Å²) < 4.78 is 31.5. The number of aryl methyl sites for hydroxylation is 1. The topological polar surface area (TPSA) is 167 Å². The van der Waals surface area contributed by atoms with Gasteiger partial charge in [-0.15, -0.1) is 0 Å². The average molecular weight is 879 g/mol. The molecule has 14 heteroatoms. The zero-order valence-electron chi connectivity index (χ0n) is 36.9. The van der Waals surface area contributed by atoms with Gasteiger partial charge in [-0.3, -0.25) is 0 Å². The Morgan fingerprint density at radius 2 is 1.06 bits per heavy atom. The van der Waals surface area contributed by atoms with E-state index < -0.39 is 17.9 Å². The fourth-order valence-corrected chi connectivity index (χ4v) is 5.36. The van der Waals surface area contributed by atoms with Gasteiger partial charge in [0.2, 0.25) is 0 Å². The summed E-state index contributed by atoms with van der Waals surface area (Å²) in [6, 6.07) is 26.4.